The lowest BCUT2D eigenvalue weighted by Crippen LogP contribution is -2.43. The summed E-state index contributed by atoms with van der Waals surface area (Å²) in [7, 11) is 2.02. The van der Waals surface area contributed by atoms with E-state index in [1.807, 2.05) is 44.4 Å². The molecule has 0 N–H and O–H groups in total. The van der Waals surface area contributed by atoms with Crippen LogP contribution in [0.25, 0.3) is 22.4 Å². The molecule has 160 valence electrons. The molecular weight excluding hydrogens is 378 g/mol. The second kappa shape index (κ2) is 7.22. The number of hydrogen-bond acceptors (Lipinski definition) is 1. The maximum atomic E-state index is 8.26. The smallest absolute Gasteiger partial charge is 0.212 e. The van der Waals surface area contributed by atoms with Gasteiger partial charge in [0.15, 0.2) is 6.20 Å². The van der Waals surface area contributed by atoms with Crippen molar-refractivity contribution in [2.24, 2.45) is 7.05 Å². The average molecular weight is 416 g/mol. The second-order valence-electron chi connectivity index (χ2n) is 10.1. The zero-order valence-corrected chi connectivity index (χ0v) is 19.1. The number of fused-ring (bicyclic) bond motifs is 2. The lowest BCUT2D eigenvalue weighted by molar-refractivity contribution is -0.660. The van der Waals surface area contributed by atoms with Crippen LogP contribution >= 0.6 is 0 Å². The van der Waals surface area contributed by atoms with Crippen LogP contribution in [0.5, 0.6) is 5.75 Å². The minimum Gasteiger partial charge on any atom is -0.488 e. The standard InChI is InChI=1S/C29H34NO/c1-20-16-21(2)24(26-10-6-9-15-30(26)5)18-23(20)22-11-12-25-27(17-22)31-28(3,4)19-29(25)13-7-8-14-29/h6,9-12,15-18H,7-8,13-14,19H2,1-5H3/q+1/i1D3. The normalized spacial score (nSPS) is 20.5. The fourth-order valence-electron chi connectivity index (χ4n) is 5.98. The Balaban J connectivity index is 1.71. The summed E-state index contributed by atoms with van der Waals surface area (Å²) in [6.07, 6.45) is 7.97. The molecule has 2 aromatic carbocycles. The van der Waals surface area contributed by atoms with E-state index in [2.05, 4.69) is 42.7 Å². The first-order valence-corrected chi connectivity index (χ1v) is 11.4. The zero-order chi connectivity index (χ0) is 24.3. The molecule has 0 saturated heterocycles. The lowest BCUT2D eigenvalue weighted by Gasteiger charge is -2.44. The summed E-state index contributed by atoms with van der Waals surface area (Å²) in [4.78, 5) is 0. The summed E-state index contributed by atoms with van der Waals surface area (Å²) < 4.78 is 33.3. The van der Waals surface area contributed by atoms with Crippen LogP contribution in [0, 0.1) is 13.8 Å². The van der Waals surface area contributed by atoms with Crippen molar-refractivity contribution >= 4 is 0 Å². The Kier molecular flexibility index (Phi) is 3.96. The Hall–Kier alpha value is -2.61. The third-order valence-corrected chi connectivity index (χ3v) is 7.27. The van der Waals surface area contributed by atoms with Crippen molar-refractivity contribution in [1.82, 2.24) is 0 Å². The molecule has 1 aliphatic carbocycles. The Morgan fingerprint density at radius 1 is 0.968 bits per heavy atom. The minimum absolute atomic E-state index is 0.179. The van der Waals surface area contributed by atoms with Gasteiger partial charge in [-0.2, -0.15) is 0 Å². The van der Waals surface area contributed by atoms with E-state index >= 15 is 0 Å². The van der Waals surface area contributed by atoms with Crippen molar-refractivity contribution in [2.75, 3.05) is 0 Å². The van der Waals surface area contributed by atoms with Gasteiger partial charge in [-0.1, -0.05) is 31.0 Å². The van der Waals surface area contributed by atoms with Gasteiger partial charge in [0.05, 0.1) is 0 Å². The van der Waals surface area contributed by atoms with Crippen LogP contribution in [0.1, 0.15) is 66.8 Å². The van der Waals surface area contributed by atoms with Crippen molar-refractivity contribution in [3.05, 3.63) is 71.4 Å². The highest BCUT2D eigenvalue weighted by atomic mass is 16.5. The highest BCUT2D eigenvalue weighted by molar-refractivity contribution is 5.77. The molecule has 2 aliphatic rings. The summed E-state index contributed by atoms with van der Waals surface area (Å²) in [5.74, 6) is 0.916. The summed E-state index contributed by atoms with van der Waals surface area (Å²) in [5.41, 5.74) is 6.32. The first-order valence-electron chi connectivity index (χ1n) is 12.9. The molecule has 0 amide bonds. The monoisotopic (exact) mass is 415 g/mol. The van der Waals surface area contributed by atoms with E-state index in [9.17, 15) is 0 Å². The van der Waals surface area contributed by atoms with E-state index in [1.54, 1.807) is 0 Å². The Bertz CT molecular complexity index is 1250. The number of ether oxygens (including phenoxy) is 1. The zero-order valence-electron chi connectivity index (χ0n) is 22.1. The third kappa shape index (κ3) is 3.46. The second-order valence-corrected chi connectivity index (χ2v) is 10.1. The topological polar surface area (TPSA) is 13.1 Å². The van der Waals surface area contributed by atoms with Crippen molar-refractivity contribution in [3.8, 4) is 28.1 Å². The molecule has 2 heterocycles. The molecule has 1 saturated carbocycles. The van der Waals surface area contributed by atoms with Gasteiger partial charge in [0.2, 0.25) is 5.69 Å². The molecule has 3 aromatic rings. The highest BCUT2D eigenvalue weighted by Crippen LogP contribution is 2.54. The minimum atomic E-state index is -2.21. The number of rotatable bonds is 2. The molecule has 0 bridgehead atoms. The molecule has 0 atom stereocenters. The number of hydrogen-bond donors (Lipinski definition) is 0. The molecule has 0 radical (unpaired) electrons. The molecular formula is C29H34NO+. The van der Waals surface area contributed by atoms with E-state index in [0.717, 1.165) is 40.1 Å². The fourth-order valence-corrected chi connectivity index (χ4v) is 5.98. The third-order valence-electron chi connectivity index (χ3n) is 7.27. The van der Waals surface area contributed by atoms with E-state index in [4.69, 9.17) is 8.85 Å². The van der Waals surface area contributed by atoms with E-state index in [1.165, 1.54) is 31.2 Å². The van der Waals surface area contributed by atoms with Crippen LogP contribution in [-0.2, 0) is 12.5 Å². The van der Waals surface area contributed by atoms with Gasteiger partial charge in [0.25, 0.3) is 0 Å². The molecule has 0 unspecified atom stereocenters. The van der Waals surface area contributed by atoms with Crippen molar-refractivity contribution in [3.63, 3.8) is 0 Å². The van der Waals surface area contributed by atoms with E-state index < -0.39 is 6.85 Å². The van der Waals surface area contributed by atoms with Crippen LogP contribution in [0.4, 0.5) is 0 Å². The van der Waals surface area contributed by atoms with Gasteiger partial charge in [-0.25, -0.2) is 4.57 Å². The van der Waals surface area contributed by atoms with Gasteiger partial charge in [-0.3, -0.25) is 0 Å². The molecule has 5 rings (SSSR count). The Morgan fingerprint density at radius 2 is 1.77 bits per heavy atom. The first kappa shape index (κ1) is 17.0. The molecule has 1 spiro atoms. The maximum Gasteiger partial charge on any atom is 0.212 e. The lowest BCUT2D eigenvalue weighted by atomic mass is 9.69. The molecule has 1 fully saturated rings. The van der Waals surface area contributed by atoms with Gasteiger partial charge in [-0.15, -0.1) is 0 Å². The van der Waals surface area contributed by atoms with Gasteiger partial charge in [0.1, 0.15) is 18.4 Å². The molecule has 2 nitrogen and oxygen atoms in total. The SMILES string of the molecule is [2H]C([2H])([2H])c1cc(C)c(-c2cccc[n+]2C)cc1-c1ccc2c(c1)OC(C)(C)CC21CCCC1. The average Bonchev–Trinajstić information content (AvgIpc) is 3.20. The fraction of sp³-hybridized carbons (Fsp3) is 0.414. The van der Waals surface area contributed by atoms with Crippen LogP contribution in [0.15, 0.2) is 54.7 Å². The molecule has 1 aromatic heterocycles. The van der Waals surface area contributed by atoms with Crippen molar-refractivity contribution in [1.29, 1.82) is 0 Å². The Morgan fingerprint density at radius 3 is 2.52 bits per heavy atom. The largest absolute Gasteiger partial charge is 0.488 e. The van der Waals surface area contributed by atoms with Gasteiger partial charge < -0.3 is 4.74 Å². The number of aryl methyl sites for hydroxylation is 3. The number of benzene rings is 2. The van der Waals surface area contributed by atoms with Crippen LogP contribution < -0.4 is 9.30 Å². The predicted molar refractivity (Wildman–Crippen MR) is 127 cm³/mol. The van der Waals surface area contributed by atoms with Crippen molar-refractivity contribution in [2.45, 2.75) is 70.7 Å². The first-order chi connectivity index (χ1) is 16.0. The summed E-state index contributed by atoms with van der Waals surface area (Å²) in [6.45, 7) is 4.13. The van der Waals surface area contributed by atoms with Gasteiger partial charge >= 0.3 is 0 Å². The van der Waals surface area contributed by atoms with Gasteiger partial charge in [-0.05, 0) is 87.3 Å². The maximum absolute atomic E-state index is 8.26. The highest BCUT2D eigenvalue weighted by Gasteiger charge is 2.46. The van der Waals surface area contributed by atoms with Crippen LogP contribution in [-0.4, -0.2) is 5.60 Å². The summed E-state index contributed by atoms with van der Waals surface area (Å²) >= 11 is 0. The van der Waals surface area contributed by atoms with Gasteiger partial charge in [0, 0.05) is 32.8 Å². The quantitative estimate of drug-likeness (QED) is 0.418. The number of aromatic nitrogens is 1. The van der Waals surface area contributed by atoms with Crippen LogP contribution in [0.2, 0.25) is 0 Å². The molecule has 1 aliphatic heterocycles. The molecule has 31 heavy (non-hydrogen) atoms. The van der Waals surface area contributed by atoms with Crippen LogP contribution in [0.3, 0.4) is 0 Å². The van der Waals surface area contributed by atoms with Crippen molar-refractivity contribution < 1.29 is 13.4 Å². The summed E-state index contributed by atoms with van der Waals surface area (Å²) in [6, 6.07) is 16.4. The number of pyridine rings is 1. The Labute approximate surface area is 191 Å². The van der Waals surface area contributed by atoms with E-state index in [-0.39, 0.29) is 11.0 Å². The predicted octanol–water partition coefficient (Wildman–Crippen LogP) is 6.83. The number of nitrogens with zero attached hydrogens (tertiary/aromatic N) is 1. The summed E-state index contributed by atoms with van der Waals surface area (Å²) in [5, 5.41) is 0. The molecule has 2 heteroatoms. The van der Waals surface area contributed by atoms with E-state index in [0.29, 0.717) is 5.56 Å².